The lowest BCUT2D eigenvalue weighted by molar-refractivity contribution is -0.136. The van der Waals surface area contributed by atoms with Gasteiger partial charge in [0.1, 0.15) is 12.4 Å². The number of hydrogen-bond donors (Lipinski definition) is 2. The van der Waals surface area contributed by atoms with Crippen LogP contribution in [0, 0.1) is 0 Å². The highest BCUT2D eigenvalue weighted by Gasteiger charge is 2.34. The molecule has 0 saturated heterocycles. The highest BCUT2D eigenvalue weighted by Crippen LogP contribution is 2.37. The van der Waals surface area contributed by atoms with Gasteiger partial charge in [-0.05, 0) is 54.1 Å². The largest absolute Gasteiger partial charge is 0.489 e. The van der Waals surface area contributed by atoms with Gasteiger partial charge in [0.25, 0.3) is 11.8 Å². The second-order valence-electron chi connectivity index (χ2n) is 7.45. The predicted octanol–water partition coefficient (Wildman–Crippen LogP) is 6.38. The zero-order valence-corrected chi connectivity index (χ0v) is 18.1. The maximum Gasteiger partial charge on any atom is 0.418 e. The number of benzene rings is 3. The summed E-state index contributed by atoms with van der Waals surface area (Å²) in [6.07, 6.45) is -3.51. The minimum Gasteiger partial charge on any atom is -0.489 e. The Morgan fingerprint density at radius 3 is 2.34 bits per heavy atom. The summed E-state index contributed by atoms with van der Waals surface area (Å²) in [5.74, 6) is -1.10. The molecule has 0 spiro atoms. The van der Waals surface area contributed by atoms with Crippen molar-refractivity contribution in [2.24, 2.45) is 0 Å². The van der Waals surface area contributed by atoms with Gasteiger partial charge in [0.05, 0.1) is 17.5 Å². The second kappa shape index (κ2) is 10.2. The fourth-order valence-corrected chi connectivity index (χ4v) is 3.23. The second-order valence-corrected chi connectivity index (χ2v) is 7.45. The van der Waals surface area contributed by atoms with Crippen LogP contribution in [0.2, 0.25) is 0 Å². The number of furan rings is 1. The summed E-state index contributed by atoms with van der Waals surface area (Å²) >= 11 is 0. The van der Waals surface area contributed by atoms with Crippen LogP contribution in [-0.2, 0) is 12.8 Å². The van der Waals surface area contributed by atoms with E-state index in [0.717, 1.165) is 17.7 Å². The molecule has 0 atom stereocenters. The predicted molar refractivity (Wildman–Crippen MR) is 123 cm³/mol. The van der Waals surface area contributed by atoms with Gasteiger partial charge in [-0.2, -0.15) is 13.2 Å². The van der Waals surface area contributed by atoms with E-state index in [9.17, 15) is 22.8 Å². The van der Waals surface area contributed by atoms with Gasteiger partial charge in [-0.3, -0.25) is 9.59 Å². The number of nitrogens with one attached hydrogen (secondary N) is 2. The van der Waals surface area contributed by atoms with Crippen LogP contribution in [0.25, 0.3) is 0 Å². The third-order valence-electron chi connectivity index (χ3n) is 4.92. The Morgan fingerprint density at radius 1 is 0.829 bits per heavy atom. The summed E-state index contributed by atoms with van der Waals surface area (Å²) in [7, 11) is 0. The molecule has 2 N–H and O–H groups in total. The highest BCUT2D eigenvalue weighted by atomic mass is 19.4. The van der Waals surface area contributed by atoms with E-state index in [1.165, 1.54) is 36.6 Å². The van der Waals surface area contributed by atoms with Crippen molar-refractivity contribution >= 4 is 23.2 Å². The molecule has 0 saturated carbocycles. The third-order valence-corrected chi connectivity index (χ3v) is 4.92. The molecule has 4 aromatic rings. The van der Waals surface area contributed by atoms with Crippen molar-refractivity contribution in [3.63, 3.8) is 0 Å². The van der Waals surface area contributed by atoms with Crippen LogP contribution in [0.4, 0.5) is 24.5 Å². The Balaban J connectivity index is 1.49. The maximum absolute atomic E-state index is 13.7. The van der Waals surface area contributed by atoms with Crippen molar-refractivity contribution in [1.29, 1.82) is 0 Å². The van der Waals surface area contributed by atoms with E-state index in [2.05, 4.69) is 10.6 Å². The van der Waals surface area contributed by atoms with E-state index in [0.29, 0.717) is 5.75 Å². The summed E-state index contributed by atoms with van der Waals surface area (Å²) in [6.45, 7) is 0.273. The van der Waals surface area contributed by atoms with Crippen LogP contribution < -0.4 is 15.4 Å². The average molecular weight is 480 g/mol. The van der Waals surface area contributed by atoms with Crippen molar-refractivity contribution < 1.29 is 31.9 Å². The lowest BCUT2D eigenvalue weighted by Gasteiger charge is -2.16. The average Bonchev–Trinajstić information content (AvgIpc) is 3.39. The van der Waals surface area contributed by atoms with E-state index in [4.69, 9.17) is 9.15 Å². The zero-order chi connectivity index (χ0) is 24.8. The van der Waals surface area contributed by atoms with E-state index >= 15 is 0 Å². The van der Waals surface area contributed by atoms with Gasteiger partial charge in [0.2, 0.25) is 0 Å². The van der Waals surface area contributed by atoms with Crippen LogP contribution in [0.1, 0.15) is 32.0 Å². The Hall–Kier alpha value is -4.53. The number of alkyl halides is 3. The first-order chi connectivity index (χ1) is 16.8. The third kappa shape index (κ3) is 6.08. The molecule has 1 aromatic heterocycles. The fraction of sp³-hybridized carbons (Fsp3) is 0.0769. The molecule has 0 aliphatic carbocycles. The molecule has 0 radical (unpaired) electrons. The number of anilines is 2. The topological polar surface area (TPSA) is 80.6 Å². The van der Waals surface area contributed by atoms with E-state index in [1.807, 2.05) is 30.3 Å². The molecule has 178 valence electrons. The summed E-state index contributed by atoms with van der Waals surface area (Å²) in [5.41, 5.74) is -0.614. The standard InChI is InChI=1S/C26H19F3N2O4/c27-26(28,29)21-15-19(30-25(33)23-10-5-13-34-23)11-12-22(21)31-24(32)18-8-4-9-20(14-18)35-16-17-6-2-1-3-7-17/h1-15H,16H2,(H,30,33)(H,31,32). The summed E-state index contributed by atoms with van der Waals surface area (Å²) < 4.78 is 51.8. The fourth-order valence-electron chi connectivity index (χ4n) is 3.23. The monoisotopic (exact) mass is 480 g/mol. The maximum atomic E-state index is 13.7. The van der Waals surface area contributed by atoms with Gasteiger partial charge in [0, 0.05) is 11.3 Å². The van der Waals surface area contributed by atoms with Crippen LogP contribution in [0.3, 0.4) is 0 Å². The van der Waals surface area contributed by atoms with Gasteiger partial charge >= 0.3 is 6.18 Å². The van der Waals surface area contributed by atoms with Crippen LogP contribution in [-0.4, -0.2) is 11.8 Å². The minimum absolute atomic E-state index is 0.0506. The quantitative estimate of drug-likeness (QED) is 0.322. The molecular formula is C26H19F3N2O4. The number of carbonyl (C=O) groups excluding carboxylic acids is 2. The SMILES string of the molecule is O=C(Nc1ccc(NC(=O)c2ccco2)cc1C(F)(F)F)c1cccc(OCc2ccccc2)c1. The number of ether oxygens (including phenoxy) is 1. The number of hydrogen-bond acceptors (Lipinski definition) is 4. The first-order valence-electron chi connectivity index (χ1n) is 10.4. The Bertz CT molecular complexity index is 1320. The summed E-state index contributed by atoms with van der Waals surface area (Å²) in [4.78, 5) is 24.8. The molecule has 4 rings (SSSR count). The molecule has 35 heavy (non-hydrogen) atoms. The molecule has 2 amide bonds. The molecule has 0 bridgehead atoms. The first kappa shape index (κ1) is 23.6. The Labute approximate surface area is 198 Å². The highest BCUT2D eigenvalue weighted by molar-refractivity contribution is 6.05. The molecule has 0 aliphatic heterocycles. The van der Waals surface area contributed by atoms with Gasteiger partial charge in [-0.25, -0.2) is 0 Å². The van der Waals surface area contributed by atoms with Gasteiger partial charge in [0.15, 0.2) is 5.76 Å². The van der Waals surface area contributed by atoms with Crippen molar-refractivity contribution in [2.75, 3.05) is 10.6 Å². The van der Waals surface area contributed by atoms with Crippen molar-refractivity contribution in [2.45, 2.75) is 12.8 Å². The molecule has 1 heterocycles. The van der Waals surface area contributed by atoms with Crippen molar-refractivity contribution in [1.82, 2.24) is 0 Å². The van der Waals surface area contributed by atoms with Crippen molar-refractivity contribution in [3.05, 3.63) is 114 Å². The zero-order valence-electron chi connectivity index (χ0n) is 18.1. The van der Waals surface area contributed by atoms with Gasteiger partial charge in [-0.15, -0.1) is 0 Å². The molecule has 0 aliphatic rings. The molecule has 6 nitrogen and oxygen atoms in total. The summed E-state index contributed by atoms with van der Waals surface area (Å²) in [5, 5.41) is 4.64. The van der Waals surface area contributed by atoms with E-state index in [-0.39, 0.29) is 23.6 Å². The van der Waals surface area contributed by atoms with E-state index in [1.54, 1.807) is 12.1 Å². The van der Waals surface area contributed by atoms with Gasteiger partial charge in [-0.1, -0.05) is 36.4 Å². The van der Waals surface area contributed by atoms with Crippen LogP contribution in [0.5, 0.6) is 5.75 Å². The number of rotatable bonds is 7. The Morgan fingerprint density at radius 2 is 1.63 bits per heavy atom. The van der Waals surface area contributed by atoms with Crippen LogP contribution in [0.15, 0.2) is 95.6 Å². The molecule has 0 unspecified atom stereocenters. The van der Waals surface area contributed by atoms with Crippen LogP contribution >= 0.6 is 0 Å². The lowest BCUT2D eigenvalue weighted by Crippen LogP contribution is -2.18. The first-order valence-corrected chi connectivity index (χ1v) is 10.4. The number of amides is 2. The summed E-state index contributed by atoms with van der Waals surface area (Å²) in [6, 6.07) is 21.5. The molecule has 3 aromatic carbocycles. The lowest BCUT2D eigenvalue weighted by atomic mass is 10.1. The molecule has 9 heteroatoms. The molecular weight excluding hydrogens is 461 g/mol. The Kier molecular flexibility index (Phi) is 6.86. The normalized spacial score (nSPS) is 11.1. The minimum atomic E-state index is -4.78. The number of carbonyl (C=O) groups is 2. The smallest absolute Gasteiger partial charge is 0.418 e. The van der Waals surface area contributed by atoms with Gasteiger partial charge < -0.3 is 19.8 Å². The number of halogens is 3. The molecule has 0 fully saturated rings. The van der Waals surface area contributed by atoms with E-state index < -0.39 is 29.2 Å². The van der Waals surface area contributed by atoms with Crippen molar-refractivity contribution in [3.8, 4) is 5.75 Å².